The van der Waals surface area contributed by atoms with Crippen molar-refractivity contribution in [1.29, 1.82) is 0 Å². The maximum absolute atomic E-state index is 6.03. The first-order valence-electron chi connectivity index (χ1n) is 5.96. The first-order chi connectivity index (χ1) is 7.02. The number of hydrogen-bond acceptors (Lipinski definition) is 2. The van der Waals surface area contributed by atoms with Crippen LogP contribution < -0.4 is 5.73 Å². The Labute approximate surface area is 94.1 Å². The third kappa shape index (κ3) is 4.20. The van der Waals surface area contributed by atoms with Crippen LogP contribution in [-0.2, 0) is 4.74 Å². The Morgan fingerprint density at radius 3 is 2.13 bits per heavy atom. The van der Waals surface area contributed by atoms with E-state index in [0.29, 0.717) is 18.4 Å². The van der Waals surface area contributed by atoms with Gasteiger partial charge >= 0.3 is 0 Å². The van der Waals surface area contributed by atoms with Crippen molar-refractivity contribution in [2.45, 2.75) is 53.1 Å². The highest BCUT2D eigenvalue weighted by Gasteiger charge is 2.31. The average Bonchev–Trinajstić information content (AvgIpc) is 2.22. The molecule has 0 aromatic heterocycles. The number of hydrogen-bond donors (Lipinski definition) is 1. The largest absolute Gasteiger partial charge is 0.385 e. The molecule has 0 rings (SSSR count). The number of nitrogens with zero attached hydrogens (tertiary/aromatic N) is 1. The topological polar surface area (TPSA) is 47.6 Å². The highest BCUT2D eigenvalue weighted by molar-refractivity contribution is 5.89. The molecule has 3 heteroatoms. The number of nitrogens with two attached hydrogens (primary N) is 1. The molecule has 0 amide bonds. The fraction of sp³-hybridized carbons (Fsp3) is 0.917. The smallest absolute Gasteiger partial charge is 0.126 e. The highest BCUT2D eigenvalue weighted by atomic mass is 16.5. The van der Waals surface area contributed by atoms with Gasteiger partial charge in [-0.25, -0.2) is 0 Å². The van der Waals surface area contributed by atoms with Crippen LogP contribution >= 0.6 is 0 Å². The summed E-state index contributed by atoms with van der Waals surface area (Å²) in [5, 5.41) is 0. The predicted octanol–water partition coefficient (Wildman–Crippen LogP) is 2.59. The summed E-state index contributed by atoms with van der Waals surface area (Å²) in [5.74, 6) is 1.19. The third-order valence-corrected chi connectivity index (χ3v) is 2.66. The van der Waals surface area contributed by atoms with Gasteiger partial charge in [0, 0.05) is 13.2 Å². The van der Waals surface area contributed by atoms with E-state index in [-0.39, 0.29) is 5.60 Å². The molecule has 0 aliphatic rings. The zero-order chi connectivity index (χ0) is 11.9. The van der Waals surface area contributed by atoms with Crippen LogP contribution in [0.5, 0.6) is 0 Å². The molecule has 0 bridgehead atoms. The van der Waals surface area contributed by atoms with Gasteiger partial charge in [-0.3, -0.25) is 4.99 Å². The number of amidine groups is 1. The molecule has 0 aromatic rings. The molecule has 0 heterocycles. The van der Waals surface area contributed by atoms with Crippen LogP contribution in [0.4, 0.5) is 0 Å². The number of aliphatic imine (C=N–C) groups is 1. The van der Waals surface area contributed by atoms with Crippen LogP contribution in [0.1, 0.15) is 47.5 Å². The fourth-order valence-corrected chi connectivity index (χ4v) is 1.59. The molecule has 0 atom stereocenters. The molecule has 0 radical (unpaired) electrons. The fourth-order valence-electron chi connectivity index (χ4n) is 1.59. The maximum atomic E-state index is 6.03. The molecule has 3 nitrogen and oxygen atoms in total. The minimum atomic E-state index is -0.344. The van der Waals surface area contributed by atoms with Gasteiger partial charge in [0.25, 0.3) is 0 Å². The molecule has 15 heavy (non-hydrogen) atoms. The molecule has 0 aromatic carbocycles. The van der Waals surface area contributed by atoms with Crippen molar-refractivity contribution in [3.8, 4) is 0 Å². The lowest BCUT2D eigenvalue weighted by Crippen LogP contribution is -2.45. The summed E-state index contributed by atoms with van der Waals surface area (Å²) in [7, 11) is 0. The van der Waals surface area contributed by atoms with Crippen molar-refractivity contribution in [3.05, 3.63) is 0 Å². The lowest BCUT2D eigenvalue weighted by Gasteiger charge is -2.31. The second-order valence-corrected chi connectivity index (χ2v) is 4.25. The Bertz CT molecular complexity index is 196. The molecule has 0 aliphatic heterocycles. The minimum Gasteiger partial charge on any atom is -0.385 e. The van der Waals surface area contributed by atoms with Crippen LogP contribution in [0.25, 0.3) is 0 Å². The van der Waals surface area contributed by atoms with Crippen molar-refractivity contribution in [2.24, 2.45) is 16.6 Å². The number of ether oxygens (including phenoxy) is 1. The van der Waals surface area contributed by atoms with Crippen molar-refractivity contribution >= 4 is 5.84 Å². The third-order valence-electron chi connectivity index (χ3n) is 2.66. The Hall–Kier alpha value is -0.570. The van der Waals surface area contributed by atoms with Crippen molar-refractivity contribution in [2.75, 3.05) is 13.2 Å². The molecule has 0 aliphatic carbocycles. The molecular weight excluding hydrogens is 188 g/mol. The minimum absolute atomic E-state index is 0.344. The van der Waals surface area contributed by atoms with Gasteiger partial charge in [0.1, 0.15) is 11.4 Å². The van der Waals surface area contributed by atoms with Crippen LogP contribution in [0.15, 0.2) is 4.99 Å². The summed E-state index contributed by atoms with van der Waals surface area (Å²) >= 11 is 0. The van der Waals surface area contributed by atoms with Crippen molar-refractivity contribution in [1.82, 2.24) is 0 Å². The average molecular weight is 214 g/mol. The van der Waals surface area contributed by atoms with E-state index in [1.807, 2.05) is 6.92 Å². The van der Waals surface area contributed by atoms with Gasteiger partial charge in [0.2, 0.25) is 0 Å². The standard InChI is InChI=1S/C12H26N2O/c1-6-12(7-2,15-8-3)11(13)14-9-10(4)5/h10H,6-9H2,1-5H3,(H2,13,14). The van der Waals surface area contributed by atoms with E-state index >= 15 is 0 Å². The van der Waals surface area contributed by atoms with E-state index in [4.69, 9.17) is 10.5 Å². The van der Waals surface area contributed by atoms with E-state index in [1.165, 1.54) is 0 Å². The lowest BCUT2D eigenvalue weighted by atomic mass is 9.95. The Balaban J connectivity index is 4.66. The normalized spacial score (nSPS) is 13.6. The molecule has 0 saturated heterocycles. The molecule has 0 spiro atoms. The van der Waals surface area contributed by atoms with E-state index in [2.05, 4.69) is 32.7 Å². The van der Waals surface area contributed by atoms with E-state index < -0.39 is 0 Å². The zero-order valence-corrected chi connectivity index (χ0v) is 10.8. The van der Waals surface area contributed by atoms with Crippen LogP contribution in [0.3, 0.4) is 0 Å². The van der Waals surface area contributed by atoms with E-state index in [0.717, 1.165) is 19.4 Å². The second-order valence-electron chi connectivity index (χ2n) is 4.25. The number of rotatable bonds is 7. The molecule has 0 fully saturated rings. The first-order valence-corrected chi connectivity index (χ1v) is 5.96. The van der Waals surface area contributed by atoms with Gasteiger partial charge in [-0.15, -0.1) is 0 Å². The van der Waals surface area contributed by atoms with Gasteiger partial charge in [0.05, 0.1) is 0 Å². The molecule has 90 valence electrons. The Kier molecular flexibility index (Phi) is 6.57. The summed E-state index contributed by atoms with van der Waals surface area (Å²) in [6, 6.07) is 0. The van der Waals surface area contributed by atoms with Crippen LogP contribution in [0, 0.1) is 5.92 Å². The molecule has 0 saturated carbocycles. The van der Waals surface area contributed by atoms with Crippen molar-refractivity contribution in [3.63, 3.8) is 0 Å². The zero-order valence-electron chi connectivity index (χ0n) is 10.8. The van der Waals surface area contributed by atoms with Gasteiger partial charge in [-0.2, -0.15) is 0 Å². The Morgan fingerprint density at radius 2 is 1.80 bits per heavy atom. The second kappa shape index (κ2) is 6.83. The molecule has 0 unspecified atom stereocenters. The van der Waals surface area contributed by atoms with Gasteiger partial charge < -0.3 is 10.5 Å². The van der Waals surface area contributed by atoms with Crippen molar-refractivity contribution < 1.29 is 4.74 Å². The van der Waals surface area contributed by atoms with E-state index in [1.54, 1.807) is 0 Å². The van der Waals surface area contributed by atoms with Gasteiger partial charge in [0.15, 0.2) is 0 Å². The summed E-state index contributed by atoms with van der Waals surface area (Å²) in [5.41, 5.74) is 5.69. The van der Waals surface area contributed by atoms with Gasteiger partial charge in [-0.05, 0) is 25.7 Å². The first kappa shape index (κ1) is 14.4. The van der Waals surface area contributed by atoms with Crippen LogP contribution in [-0.4, -0.2) is 24.6 Å². The molecular formula is C12H26N2O. The highest BCUT2D eigenvalue weighted by Crippen LogP contribution is 2.21. The van der Waals surface area contributed by atoms with Gasteiger partial charge in [-0.1, -0.05) is 27.7 Å². The monoisotopic (exact) mass is 214 g/mol. The summed E-state index contributed by atoms with van der Waals surface area (Å²) in [6.07, 6.45) is 1.76. The predicted molar refractivity (Wildman–Crippen MR) is 66.3 cm³/mol. The summed E-state index contributed by atoms with van der Waals surface area (Å²) in [6.45, 7) is 11.9. The van der Waals surface area contributed by atoms with Crippen LogP contribution in [0.2, 0.25) is 0 Å². The molecule has 2 N–H and O–H groups in total. The SMILES string of the molecule is CCOC(CC)(CC)C(N)=NCC(C)C. The summed E-state index contributed by atoms with van der Waals surface area (Å²) < 4.78 is 5.77. The Morgan fingerprint density at radius 1 is 1.27 bits per heavy atom. The maximum Gasteiger partial charge on any atom is 0.126 e. The summed E-state index contributed by atoms with van der Waals surface area (Å²) in [4.78, 5) is 4.43. The quantitative estimate of drug-likeness (QED) is 0.523. The van der Waals surface area contributed by atoms with E-state index in [9.17, 15) is 0 Å². The lowest BCUT2D eigenvalue weighted by molar-refractivity contribution is 0.00852.